The van der Waals surface area contributed by atoms with Gasteiger partial charge in [0.25, 0.3) is 0 Å². The van der Waals surface area contributed by atoms with Gasteiger partial charge in [-0.25, -0.2) is 0 Å². The van der Waals surface area contributed by atoms with E-state index in [1.807, 2.05) is 26.0 Å². The van der Waals surface area contributed by atoms with Crippen molar-refractivity contribution in [3.05, 3.63) is 52.1 Å². The van der Waals surface area contributed by atoms with Crippen molar-refractivity contribution in [1.82, 2.24) is 0 Å². The van der Waals surface area contributed by atoms with Gasteiger partial charge >= 0.3 is 0 Å². The average Bonchev–Trinajstić information content (AvgIpc) is 2.39. The molecule has 3 nitrogen and oxygen atoms in total. The van der Waals surface area contributed by atoms with Crippen LogP contribution in [0.25, 0.3) is 0 Å². The molecule has 100 valence electrons. The van der Waals surface area contributed by atoms with Gasteiger partial charge in [-0.05, 0) is 43.5 Å². The fraction of sp³-hybridized carbons (Fsp3) is 0.250. The zero-order chi connectivity index (χ0) is 14.2. The fourth-order valence-corrected chi connectivity index (χ4v) is 2.16. The summed E-state index contributed by atoms with van der Waals surface area (Å²) in [5.74, 6) is 0.428. The number of aromatic hydroxyl groups is 3. The minimum absolute atomic E-state index is 0.0754. The van der Waals surface area contributed by atoms with Gasteiger partial charge in [0.15, 0.2) is 0 Å². The molecule has 0 atom stereocenters. The molecule has 19 heavy (non-hydrogen) atoms. The third-order valence-electron chi connectivity index (χ3n) is 3.57. The lowest BCUT2D eigenvalue weighted by molar-refractivity contribution is 0.438. The molecule has 0 aliphatic heterocycles. The summed E-state index contributed by atoms with van der Waals surface area (Å²) < 4.78 is 0. The van der Waals surface area contributed by atoms with E-state index in [0.29, 0.717) is 17.5 Å². The van der Waals surface area contributed by atoms with Gasteiger partial charge in [0.05, 0.1) is 0 Å². The van der Waals surface area contributed by atoms with Crippen LogP contribution in [0, 0.1) is 20.8 Å². The maximum absolute atomic E-state index is 10.1. The van der Waals surface area contributed by atoms with Crippen LogP contribution >= 0.6 is 0 Å². The molecular formula is C16H18O3. The monoisotopic (exact) mass is 258 g/mol. The van der Waals surface area contributed by atoms with Crippen LogP contribution in [0.3, 0.4) is 0 Å². The van der Waals surface area contributed by atoms with Gasteiger partial charge in [-0.1, -0.05) is 18.2 Å². The minimum Gasteiger partial charge on any atom is -0.508 e. The van der Waals surface area contributed by atoms with Gasteiger partial charge in [-0.15, -0.1) is 0 Å². The second-order valence-corrected chi connectivity index (χ2v) is 4.92. The number of benzene rings is 2. The van der Waals surface area contributed by atoms with Gasteiger partial charge < -0.3 is 15.3 Å². The molecule has 0 aromatic heterocycles. The number of aryl methyl sites for hydroxylation is 2. The summed E-state index contributed by atoms with van der Waals surface area (Å²) in [7, 11) is 0. The van der Waals surface area contributed by atoms with E-state index >= 15 is 0 Å². The Morgan fingerprint density at radius 2 is 1.42 bits per heavy atom. The Morgan fingerprint density at radius 1 is 0.789 bits per heavy atom. The molecule has 0 saturated heterocycles. The molecule has 0 bridgehead atoms. The van der Waals surface area contributed by atoms with E-state index in [9.17, 15) is 15.3 Å². The van der Waals surface area contributed by atoms with Crippen LogP contribution in [0.1, 0.15) is 27.8 Å². The fourth-order valence-electron chi connectivity index (χ4n) is 2.16. The number of phenolic OH excluding ortho intramolecular Hbond substituents is 3. The van der Waals surface area contributed by atoms with Crippen molar-refractivity contribution in [3.63, 3.8) is 0 Å². The maximum atomic E-state index is 10.1. The van der Waals surface area contributed by atoms with Gasteiger partial charge in [0.1, 0.15) is 17.2 Å². The van der Waals surface area contributed by atoms with Crippen molar-refractivity contribution in [2.24, 2.45) is 0 Å². The molecule has 0 saturated carbocycles. The zero-order valence-corrected chi connectivity index (χ0v) is 11.4. The standard InChI is InChI=1S/C16H18O3/c1-9-4-5-10(2)15(18)13(9)8-12-6-7-14(17)11(3)16(12)19/h4-7,17-19H,8H2,1-3H3. The van der Waals surface area contributed by atoms with Crippen molar-refractivity contribution in [2.45, 2.75) is 27.2 Å². The summed E-state index contributed by atoms with van der Waals surface area (Å²) in [4.78, 5) is 0. The predicted molar refractivity (Wildman–Crippen MR) is 74.9 cm³/mol. The first-order valence-electron chi connectivity index (χ1n) is 6.20. The second kappa shape index (κ2) is 4.84. The van der Waals surface area contributed by atoms with Crippen molar-refractivity contribution in [3.8, 4) is 17.2 Å². The van der Waals surface area contributed by atoms with Crippen molar-refractivity contribution < 1.29 is 15.3 Å². The number of hydrogen-bond donors (Lipinski definition) is 3. The molecule has 3 N–H and O–H groups in total. The first-order valence-corrected chi connectivity index (χ1v) is 6.20. The Balaban J connectivity index is 2.48. The van der Waals surface area contributed by atoms with Crippen LogP contribution in [0.5, 0.6) is 17.2 Å². The Labute approximate surface area is 112 Å². The SMILES string of the molecule is Cc1ccc(C)c(Cc2ccc(O)c(C)c2O)c1O. The lowest BCUT2D eigenvalue weighted by Gasteiger charge is -2.13. The predicted octanol–water partition coefficient (Wildman–Crippen LogP) is 3.32. The molecule has 0 amide bonds. The molecule has 2 rings (SSSR count). The van der Waals surface area contributed by atoms with Crippen LogP contribution in [0.15, 0.2) is 24.3 Å². The molecule has 0 fully saturated rings. The summed E-state index contributed by atoms with van der Waals surface area (Å²) in [6.07, 6.45) is 0.437. The quantitative estimate of drug-likeness (QED) is 0.774. The molecule has 0 radical (unpaired) electrons. The molecule has 2 aromatic rings. The summed E-state index contributed by atoms with van der Waals surface area (Å²) in [6.45, 7) is 5.44. The molecule has 0 aliphatic rings. The van der Waals surface area contributed by atoms with Gasteiger partial charge in [0.2, 0.25) is 0 Å². The molecule has 0 unspecified atom stereocenters. The van der Waals surface area contributed by atoms with Gasteiger partial charge in [-0.2, -0.15) is 0 Å². The van der Waals surface area contributed by atoms with E-state index in [0.717, 1.165) is 16.7 Å². The molecule has 3 heteroatoms. The first kappa shape index (κ1) is 13.3. The van der Waals surface area contributed by atoms with Crippen molar-refractivity contribution in [2.75, 3.05) is 0 Å². The first-order chi connectivity index (χ1) is 8.91. The highest BCUT2D eigenvalue weighted by Gasteiger charge is 2.13. The number of phenols is 3. The largest absolute Gasteiger partial charge is 0.508 e. The molecule has 0 spiro atoms. The van der Waals surface area contributed by atoms with Crippen LogP contribution in [0.2, 0.25) is 0 Å². The third kappa shape index (κ3) is 2.36. The van der Waals surface area contributed by atoms with Gasteiger partial charge in [-0.3, -0.25) is 0 Å². The van der Waals surface area contributed by atoms with Crippen LogP contribution in [-0.2, 0) is 6.42 Å². The number of rotatable bonds is 2. The smallest absolute Gasteiger partial charge is 0.125 e. The molecule has 0 aliphatic carbocycles. The van der Waals surface area contributed by atoms with Crippen LogP contribution in [0.4, 0.5) is 0 Å². The normalized spacial score (nSPS) is 10.7. The van der Waals surface area contributed by atoms with E-state index in [1.54, 1.807) is 19.1 Å². The van der Waals surface area contributed by atoms with E-state index < -0.39 is 0 Å². The Kier molecular flexibility index (Phi) is 3.38. The maximum Gasteiger partial charge on any atom is 0.125 e. The molecule has 0 heterocycles. The lowest BCUT2D eigenvalue weighted by Crippen LogP contribution is -1.96. The summed E-state index contributed by atoms with van der Waals surface area (Å²) >= 11 is 0. The molecular weight excluding hydrogens is 240 g/mol. The zero-order valence-electron chi connectivity index (χ0n) is 11.4. The highest BCUT2D eigenvalue weighted by Crippen LogP contribution is 2.34. The third-order valence-corrected chi connectivity index (χ3v) is 3.57. The van der Waals surface area contributed by atoms with Crippen molar-refractivity contribution in [1.29, 1.82) is 0 Å². The Morgan fingerprint density at radius 3 is 2.11 bits per heavy atom. The summed E-state index contributed by atoms with van der Waals surface area (Å²) in [6, 6.07) is 7.07. The molecule has 2 aromatic carbocycles. The van der Waals surface area contributed by atoms with E-state index in [1.165, 1.54) is 0 Å². The van der Waals surface area contributed by atoms with Crippen LogP contribution in [-0.4, -0.2) is 15.3 Å². The summed E-state index contributed by atoms with van der Waals surface area (Å²) in [5, 5.41) is 29.7. The minimum atomic E-state index is 0.0754. The van der Waals surface area contributed by atoms with Crippen LogP contribution < -0.4 is 0 Å². The Hall–Kier alpha value is -2.16. The highest BCUT2D eigenvalue weighted by molar-refractivity contribution is 5.52. The van der Waals surface area contributed by atoms with E-state index in [4.69, 9.17) is 0 Å². The topological polar surface area (TPSA) is 60.7 Å². The van der Waals surface area contributed by atoms with E-state index in [-0.39, 0.29) is 17.2 Å². The second-order valence-electron chi connectivity index (χ2n) is 4.92. The summed E-state index contributed by atoms with van der Waals surface area (Å²) in [5.41, 5.74) is 3.76. The van der Waals surface area contributed by atoms with Crippen molar-refractivity contribution >= 4 is 0 Å². The van der Waals surface area contributed by atoms with Gasteiger partial charge in [0, 0.05) is 17.5 Å². The Bertz CT molecular complexity index is 630. The average molecular weight is 258 g/mol. The highest BCUT2D eigenvalue weighted by atomic mass is 16.3. The lowest BCUT2D eigenvalue weighted by atomic mass is 9.95. The number of hydrogen-bond acceptors (Lipinski definition) is 3. The van der Waals surface area contributed by atoms with E-state index in [2.05, 4.69) is 0 Å².